The fraction of sp³-hybridized carbons (Fsp3) is 1.00. The summed E-state index contributed by atoms with van der Waals surface area (Å²) in [6.45, 7) is 8.01. The summed E-state index contributed by atoms with van der Waals surface area (Å²) in [5, 5.41) is 3.28. The highest BCUT2D eigenvalue weighted by molar-refractivity contribution is 7.92. The minimum Gasteiger partial charge on any atom is -0.317 e. The molecule has 0 radical (unpaired) electrons. The molecule has 0 atom stereocenters. The number of rotatable bonds is 4. The molecule has 1 fully saturated rings. The predicted molar refractivity (Wildman–Crippen MR) is 72.1 cm³/mol. The zero-order chi connectivity index (χ0) is 13.1. The lowest BCUT2D eigenvalue weighted by atomic mass is 10.1. The second-order valence-electron chi connectivity index (χ2n) is 5.84. The van der Waals surface area contributed by atoms with Gasteiger partial charge in [-0.15, -0.1) is 0 Å². The van der Waals surface area contributed by atoms with Crippen molar-refractivity contribution < 1.29 is 8.42 Å². The molecule has 0 unspecified atom stereocenters. The molecule has 0 aromatic carbocycles. The molecule has 102 valence electrons. The summed E-state index contributed by atoms with van der Waals surface area (Å²) in [7, 11) is -0.983. The van der Waals surface area contributed by atoms with Crippen molar-refractivity contribution in [2.45, 2.75) is 44.4 Å². The van der Waals surface area contributed by atoms with Crippen molar-refractivity contribution >= 4 is 9.84 Å². The summed E-state index contributed by atoms with van der Waals surface area (Å²) >= 11 is 0. The van der Waals surface area contributed by atoms with E-state index in [1.807, 2.05) is 7.05 Å². The van der Waals surface area contributed by atoms with Gasteiger partial charge < -0.3 is 10.2 Å². The van der Waals surface area contributed by atoms with E-state index >= 15 is 0 Å². The number of nitrogens with one attached hydrogen (secondary N) is 1. The van der Waals surface area contributed by atoms with E-state index in [1.54, 1.807) is 20.8 Å². The van der Waals surface area contributed by atoms with Crippen molar-refractivity contribution in [1.29, 1.82) is 0 Å². The molecule has 0 spiro atoms. The molecule has 0 aromatic rings. The Labute approximate surface area is 106 Å². The molecule has 1 aliphatic heterocycles. The first-order valence-electron chi connectivity index (χ1n) is 6.38. The molecule has 1 saturated heterocycles. The highest BCUT2D eigenvalue weighted by atomic mass is 32.2. The van der Waals surface area contributed by atoms with Gasteiger partial charge in [-0.1, -0.05) is 0 Å². The summed E-state index contributed by atoms with van der Waals surface area (Å²) in [5.74, 6) is 0.278. The normalized spacial score (nSPS) is 20.7. The van der Waals surface area contributed by atoms with Crippen LogP contribution in [0.2, 0.25) is 0 Å². The summed E-state index contributed by atoms with van der Waals surface area (Å²) in [5.41, 5.74) is 0. The number of piperidine rings is 1. The Balaban J connectivity index is 2.38. The Hall–Kier alpha value is -0.130. The van der Waals surface area contributed by atoms with Crippen LogP contribution in [0.1, 0.15) is 33.6 Å². The maximum atomic E-state index is 12.0. The van der Waals surface area contributed by atoms with Crippen LogP contribution in [0.4, 0.5) is 0 Å². The highest BCUT2D eigenvalue weighted by Gasteiger charge is 2.29. The zero-order valence-electron chi connectivity index (χ0n) is 11.5. The van der Waals surface area contributed by atoms with E-state index in [0.717, 1.165) is 25.9 Å². The Bertz CT molecular complexity index is 325. The van der Waals surface area contributed by atoms with Crippen LogP contribution < -0.4 is 5.32 Å². The second-order valence-corrected chi connectivity index (χ2v) is 8.70. The van der Waals surface area contributed by atoms with Crippen molar-refractivity contribution in [1.82, 2.24) is 10.2 Å². The molecule has 0 aliphatic carbocycles. The number of likely N-dealkylation sites (tertiary alicyclic amines) is 1. The number of hydrogen-bond donors (Lipinski definition) is 1. The van der Waals surface area contributed by atoms with Crippen LogP contribution in [0.25, 0.3) is 0 Å². The fourth-order valence-corrected chi connectivity index (χ4v) is 3.11. The van der Waals surface area contributed by atoms with Gasteiger partial charge in [0.1, 0.15) is 0 Å². The molecular formula is C12H26N2O2S. The van der Waals surface area contributed by atoms with E-state index in [-0.39, 0.29) is 5.75 Å². The molecule has 0 bridgehead atoms. The highest BCUT2D eigenvalue weighted by Crippen LogP contribution is 2.17. The number of nitrogens with zero attached hydrogens (tertiary/aromatic N) is 1. The maximum absolute atomic E-state index is 12.0. The van der Waals surface area contributed by atoms with Crippen molar-refractivity contribution in [2.75, 3.05) is 32.4 Å². The first kappa shape index (κ1) is 14.9. The second kappa shape index (κ2) is 5.67. The van der Waals surface area contributed by atoms with E-state index < -0.39 is 14.6 Å². The van der Waals surface area contributed by atoms with Gasteiger partial charge in [-0.05, 0) is 53.8 Å². The third-order valence-electron chi connectivity index (χ3n) is 3.61. The van der Waals surface area contributed by atoms with E-state index in [4.69, 9.17) is 0 Å². The molecule has 0 saturated carbocycles. The molecule has 1 N–H and O–H groups in total. The Morgan fingerprint density at radius 1 is 1.24 bits per heavy atom. The van der Waals surface area contributed by atoms with Crippen LogP contribution in [0, 0.1) is 0 Å². The average Bonchev–Trinajstić information content (AvgIpc) is 2.25. The SMILES string of the molecule is CNC1CCN(CCS(=O)(=O)C(C)(C)C)CC1. The van der Waals surface area contributed by atoms with Crippen molar-refractivity contribution in [3.05, 3.63) is 0 Å². The van der Waals surface area contributed by atoms with Crippen molar-refractivity contribution in [3.63, 3.8) is 0 Å². The van der Waals surface area contributed by atoms with Crippen molar-refractivity contribution in [3.8, 4) is 0 Å². The van der Waals surface area contributed by atoms with Crippen LogP contribution >= 0.6 is 0 Å². The van der Waals surface area contributed by atoms with E-state index in [9.17, 15) is 8.42 Å². The molecule has 17 heavy (non-hydrogen) atoms. The lowest BCUT2D eigenvalue weighted by molar-refractivity contribution is 0.211. The summed E-state index contributed by atoms with van der Waals surface area (Å²) in [4.78, 5) is 2.26. The quantitative estimate of drug-likeness (QED) is 0.817. The monoisotopic (exact) mass is 262 g/mol. The first-order chi connectivity index (χ1) is 7.76. The van der Waals surface area contributed by atoms with Crippen LogP contribution in [0.15, 0.2) is 0 Å². The van der Waals surface area contributed by atoms with Gasteiger partial charge >= 0.3 is 0 Å². The van der Waals surface area contributed by atoms with Gasteiger partial charge in [0.25, 0.3) is 0 Å². The molecular weight excluding hydrogens is 236 g/mol. The Kier molecular flexibility index (Phi) is 4.98. The summed E-state index contributed by atoms with van der Waals surface area (Å²) in [6, 6.07) is 0.602. The van der Waals surface area contributed by atoms with Gasteiger partial charge in [0, 0.05) is 12.6 Å². The van der Waals surface area contributed by atoms with Crippen LogP contribution in [-0.4, -0.2) is 56.5 Å². The van der Waals surface area contributed by atoms with Crippen molar-refractivity contribution in [2.24, 2.45) is 0 Å². The number of hydrogen-bond acceptors (Lipinski definition) is 4. The topological polar surface area (TPSA) is 49.4 Å². The molecule has 0 aromatic heterocycles. The van der Waals surface area contributed by atoms with E-state index in [1.165, 1.54) is 0 Å². The fourth-order valence-electron chi connectivity index (χ4n) is 2.00. The third-order valence-corrected chi connectivity index (χ3v) is 6.19. The minimum absolute atomic E-state index is 0.278. The summed E-state index contributed by atoms with van der Waals surface area (Å²) in [6.07, 6.45) is 2.23. The molecule has 1 rings (SSSR count). The molecule has 0 amide bonds. The van der Waals surface area contributed by atoms with Gasteiger partial charge in [-0.2, -0.15) is 0 Å². The Morgan fingerprint density at radius 2 is 1.76 bits per heavy atom. The third kappa shape index (κ3) is 4.23. The van der Waals surface area contributed by atoms with Gasteiger partial charge in [-0.25, -0.2) is 8.42 Å². The van der Waals surface area contributed by atoms with E-state index in [2.05, 4.69) is 10.2 Å². The maximum Gasteiger partial charge on any atom is 0.156 e. The largest absolute Gasteiger partial charge is 0.317 e. The molecule has 1 aliphatic rings. The molecule has 1 heterocycles. The standard InChI is InChI=1S/C12H26N2O2S/c1-12(2,3)17(15,16)10-9-14-7-5-11(13-4)6-8-14/h11,13H,5-10H2,1-4H3. The average molecular weight is 262 g/mol. The lowest BCUT2D eigenvalue weighted by Gasteiger charge is -2.32. The summed E-state index contributed by atoms with van der Waals surface area (Å²) < 4.78 is 23.3. The molecule has 4 nitrogen and oxygen atoms in total. The predicted octanol–water partition coefficient (Wildman–Crippen LogP) is 0.884. The van der Waals surface area contributed by atoms with Gasteiger partial charge in [0.05, 0.1) is 10.5 Å². The molecule has 5 heteroatoms. The zero-order valence-corrected chi connectivity index (χ0v) is 12.3. The Morgan fingerprint density at radius 3 is 2.18 bits per heavy atom. The smallest absolute Gasteiger partial charge is 0.156 e. The van der Waals surface area contributed by atoms with Crippen LogP contribution in [0.3, 0.4) is 0 Å². The number of sulfone groups is 1. The van der Waals surface area contributed by atoms with Gasteiger partial charge in [0.2, 0.25) is 0 Å². The van der Waals surface area contributed by atoms with Crippen LogP contribution in [-0.2, 0) is 9.84 Å². The minimum atomic E-state index is -2.97. The van der Waals surface area contributed by atoms with E-state index in [0.29, 0.717) is 12.6 Å². The lowest BCUT2D eigenvalue weighted by Crippen LogP contribution is -2.44. The van der Waals surface area contributed by atoms with Gasteiger partial charge in [-0.3, -0.25) is 0 Å². The van der Waals surface area contributed by atoms with Gasteiger partial charge in [0.15, 0.2) is 9.84 Å². The first-order valence-corrected chi connectivity index (χ1v) is 8.03. The van der Waals surface area contributed by atoms with Crippen LogP contribution in [0.5, 0.6) is 0 Å².